The fourth-order valence-electron chi connectivity index (χ4n) is 3.93. The smallest absolute Gasteiger partial charge is 0.251 e. The Labute approximate surface area is 123 Å². The molecule has 1 aromatic rings. The van der Waals surface area contributed by atoms with Gasteiger partial charge in [0.2, 0.25) is 0 Å². The summed E-state index contributed by atoms with van der Waals surface area (Å²) in [5.74, 6) is 2.52. The highest BCUT2D eigenvalue weighted by Gasteiger charge is 2.42. The Morgan fingerprint density at radius 1 is 1.37 bits per heavy atom. The van der Waals surface area contributed by atoms with Crippen LogP contribution < -0.4 is 5.32 Å². The molecule has 2 aliphatic rings. The van der Waals surface area contributed by atoms with Gasteiger partial charge in [-0.3, -0.25) is 4.79 Å². The summed E-state index contributed by atoms with van der Waals surface area (Å²) in [6, 6.07) is 7.88. The Kier molecular flexibility index (Phi) is 3.66. The molecule has 3 heteroatoms. The van der Waals surface area contributed by atoms with Crippen molar-refractivity contribution in [2.45, 2.75) is 38.6 Å². The highest BCUT2D eigenvalue weighted by Crippen LogP contribution is 2.49. The van der Waals surface area contributed by atoms with E-state index in [-0.39, 0.29) is 5.91 Å². The van der Waals surface area contributed by atoms with Crippen LogP contribution in [0.25, 0.3) is 0 Å². The molecule has 2 nitrogen and oxygen atoms in total. The second-order valence-corrected chi connectivity index (χ2v) is 7.03. The summed E-state index contributed by atoms with van der Waals surface area (Å²) in [5, 5.41) is 3.19. The average Bonchev–Trinajstić information content (AvgIpc) is 3.00. The minimum absolute atomic E-state index is 0.0524. The van der Waals surface area contributed by atoms with E-state index in [9.17, 15) is 4.79 Å². The summed E-state index contributed by atoms with van der Waals surface area (Å²) < 4.78 is 0.952. The number of rotatable bonds is 3. The van der Waals surface area contributed by atoms with Gasteiger partial charge in [0.1, 0.15) is 0 Å². The summed E-state index contributed by atoms with van der Waals surface area (Å²) in [4.78, 5) is 12.2. The third-order valence-corrected chi connectivity index (χ3v) is 5.37. The van der Waals surface area contributed by atoms with E-state index in [0.717, 1.165) is 21.9 Å². The minimum Gasteiger partial charge on any atom is -0.349 e. The van der Waals surface area contributed by atoms with Crippen LogP contribution in [0, 0.1) is 17.8 Å². The Bertz CT molecular complexity index is 487. The summed E-state index contributed by atoms with van der Waals surface area (Å²) in [6.07, 6.45) is 5.48. The molecule has 0 aliphatic heterocycles. The molecular formula is C16H20BrNO. The van der Waals surface area contributed by atoms with Crippen molar-refractivity contribution in [2.24, 2.45) is 17.8 Å². The normalized spacial score (nSPS) is 30.3. The van der Waals surface area contributed by atoms with E-state index in [1.807, 2.05) is 24.3 Å². The molecule has 102 valence electrons. The summed E-state index contributed by atoms with van der Waals surface area (Å²) >= 11 is 3.41. The maximum Gasteiger partial charge on any atom is 0.251 e. The van der Waals surface area contributed by atoms with Crippen LogP contribution in [0.1, 0.15) is 43.0 Å². The molecule has 0 radical (unpaired) electrons. The van der Waals surface area contributed by atoms with E-state index >= 15 is 0 Å². The fraction of sp³-hybridized carbons (Fsp3) is 0.562. The molecule has 1 aromatic carbocycles. The molecule has 0 heterocycles. The summed E-state index contributed by atoms with van der Waals surface area (Å²) in [7, 11) is 0. The topological polar surface area (TPSA) is 29.1 Å². The van der Waals surface area contributed by atoms with E-state index in [1.165, 1.54) is 25.7 Å². The minimum atomic E-state index is 0.0524. The Morgan fingerprint density at radius 3 is 2.84 bits per heavy atom. The second kappa shape index (κ2) is 5.28. The molecule has 0 aromatic heterocycles. The molecule has 3 rings (SSSR count). The van der Waals surface area contributed by atoms with Crippen LogP contribution >= 0.6 is 15.9 Å². The quantitative estimate of drug-likeness (QED) is 0.895. The van der Waals surface area contributed by atoms with Gasteiger partial charge in [-0.2, -0.15) is 0 Å². The highest BCUT2D eigenvalue weighted by molar-refractivity contribution is 9.10. The lowest BCUT2D eigenvalue weighted by atomic mass is 9.84. The largest absolute Gasteiger partial charge is 0.349 e. The molecule has 0 spiro atoms. The number of carbonyl (C=O) groups is 1. The molecule has 0 saturated heterocycles. The molecule has 1 amide bonds. The van der Waals surface area contributed by atoms with Gasteiger partial charge in [-0.15, -0.1) is 0 Å². The summed E-state index contributed by atoms with van der Waals surface area (Å²) in [5.41, 5.74) is 0.740. The van der Waals surface area contributed by atoms with E-state index in [1.54, 1.807) is 0 Å². The first-order chi connectivity index (χ1) is 9.13. The summed E-state index contributed by atoms with van der Waals surface area (Å²) in [6.45, 7) is 2.17. The van der Waals surface area contributed by atoms with Gasteiger partial charge in [-0.05, 0) is 62.1 Å². The van der Waals surface area contributed by atoms with Crippen LogP contribution in [-0.2, 0) is 0 Å². The number of carbonyl (C=O) groups excluding carboxylic acids is 1. The lowest BCUT2D eigenvalue weighted by Gasteiger charge is -2.28. The third-order valence-electron chi connectivity index (χ3n) is 4.88. The number of halogens is 1. The van der Waals surface area contributed by atoms with Crippen molar-refractivity contribution >= 4 is 21.8 Å². The Balaban J connectivity index is 1.63. The van der Waals surface area contributed by atoms with Crippen LogP contribution in [-0.4, -0.2) is 11.9 Å². The van der Waals surface area contributed by atoms with E-state index in [4.69, 9.17) is 0 Å². The number of fused-ring (bicyclic) bond motifs is 2. The van der Waals surface area contributed by atoms with Gasteiger partial charge in [-0.1, -0.05) is 28.4 Å². The van der Waals surface area contributed by atoms with Crippen molar-refractivity contribution < 1.29 is 4.79 Å². The standard InChI is InChI=1S/C16H20BrNO/c1-10(15-8-11-5-6-12(15)7-11)18-16(19)13-3-2-4-14(17)9-13/h2-4,9-12,15H,5-8H2,1H3,(H,18,19). The second-order valence-electron chi connectivity index (χ2n) is 6.11. The number of hydrogen-bond acceptors (Lipinski definition) is 1. The van der Waals surface area contributed by atoms with Gasteiger partial charge in [-0.25, -0.2) is 0 Å². The molecule has 2 bridgehead atoms. The first-order valence-electron chi connectivity index (χ1n) is 7.20. The lowest BCUT2D eigenvalue weighted by Crippen LogP contribution is -2.40. The van der Waals surface area contributed by atoms with Crippen molar-refractivity contribution in [3.8, 4) is 0 Å². The third kappa shape index (κ3) is 2.71. The maximum absolute atomic E-state index is 12.2. The van der Waals surface area contributed by atoms with Crippen LogP contribution in [0.4, 0.5) is 0 Å². The van der Waals surface area contributed by atoms with E-state index in [2.05, 4.69) is 28.2 Å². The fourth-order valence-corrected chi connectivity index (χ4v) is 4.33. The monoisotopic (exact) mass is 321 g/mol. The number of nitrogens with one attached hydrogen (secondary N) is 1. The lowest BCUT2D eigenvalue weighted by molar-refractivity contribution is 0.0915. The van der Waals surface area contributed by atoms with E-state index < -0.39 is 0 Å². The zero-order valence-electron chi connectivity index (χ0n) is 11.2. The van der Waals surface area contributed by atoms with Crippen LogP contribution in [0.3, 0.4) is 0 Å². The van der Waals surface area contributed by atoms with Crippen molar-refractivity contribution in [1.82, 2.24) is 5.32 Å². The molecule has 4 atom stereocenters. The average molecular weight is 322 g/mol. The molecular weight excluding hydrogens is 302 g/mol. The molecule has 1 N–H and O–H groups in total. The molecule has 19 heavy (non-hydrogen) atoms. The number of benzene rings is 1. The van der Waals surface area contributed by atoms with Crippen LogP contribution in [0.15, 0.2) is 28.7 Å². The van der Waals surface area contributed by atoms with Crippen molar-refractivity contribution in [1.29, 1.82) is 0 Å². The molecule has 2 saturated carbocycles. The van der Waals surface area contributed by atoms with Crippen molar-refractivity contribution in [3.05, 3.63) is 34.3 Å². The zero-order valence-corrected chi connectivity index (χ0v) is 12.8. The Hall–Kier alpha value is -0.830. The molecule has 2 fully saturated rings. The van der Waals surface area contributed by atoms with Gasteiger partial charge < -0.3 is 5.32 Å². The van der Waals surface area contributed by atoms with Crippen LogP contribution in [0.2, 0.25) is 0 Å². The molecule has 4 unspecified atom stereocenters. The Morgan fingerprint density at radius 2 is 2.21 bits per heavy atom. The van der Waals surface area contributed by atoms with E-state index in [0.29, 0.717) is 12.0 Å². The highest BCUT2D eigenvalue weighted by atomic mass is 79.9. The van der Waals surface area contributed by atoms with Gasteiger partial charge >= 0.3 is 0 Å². The van der Waals surface area contributed by atoms with Crippen molar-refractivity contribution in [3.63, 3.8) is 0 Å². The predicted molar refractivity (Wildman–Crippen MR) is 80.0 cm³/mol. The maximum atomic E-state index is 12.2. The number of amides is 1. The number of hydrogen-bond donors (Lipinski definition) is 1. The van der Waals surface area contributed by atoms with Gasteiger partial charge in [0.05, 0.1) is 0 Å². The molecule has 2 aliphatic carbocycles. The van der Waals surface area contributed by atoms with Gasteiger partial charge in [0, 0.05) is 16.1 Å². The van der Waals surface area contributed by atoms with Crippen molar-refractivity contribution in [2.75, 3.05) is 0 Å². The SMILES string of the molecule is CC(NC(=O)c1cccc(Br)c1)C1CC2CCC1C2. The van der Waals surface area contributed by atoms with Gasteiger partial charge in [0.15, 0.2) is 0 Å². The van der Waals surface area contributed by atoms with Crippen LogP contribution in [0.5, 0.6) is 0 Å². The first kappa shape index (κ1) is 13.2. The first-order valence-corrected chi connectivity index (χ1v) is 7.99. The van der Waals surface area contributed by atoms with Gasteiger partial charge in [0.25, 0.3) is 5.91 Å². The zero-order chi connectivity index (χ0) is 13.4. The predicted octanol–water partition coefficient (Wildman–Crippen LogP) is 4.00.